The Labute approximate surface area is 571 Å². The molecule has 54 radical (unpaired) electrons. The number of nitro groups is 1. The molecule has 0 heterocycles. The summed E-state index contributed by atoms with van der Waals surface area (Å²) in [5.41, 5.74) is 1.17. The summed E-state index contributed by atoms with van der Waals surface area (Å²) in [5.74, 6) is 0.109. The first-order chi connectivity index (χ1) is 40.4. The average Bonchev–Trinajstić information content (AvgIpc) is 0.885. The van der Waals surface area contributed by atoms with Crippen molar-refractivity contribution in [2.75, 3.05) is 12.5 Å². The van der Waals surface area contributed by atoms with E-state index < -0.39 is 190 Å². The Hall–Kier alpha value is -0.433. The lowest BCUT2D eigenvalue weighted by Gasteiger charge is -2.57. The van der Waals surface area contributed by atoms with Crippen molar-refractivity contribution < 1.29 is 41.1 Å². The van der Waals surface area contributed by atoms with Crippen LogP contribution in [0.1, 0.15) is 11.1 Å². The van der Waals surface area contributed by atoms with E-state index in [1.54, 1.807) is 12.1 Å². The van der Waals surface area contributed by atoms with Crippen molar-refractivity contribution in [2.24, 2.45) is 0 Å². The molecule has 0 unspecified atom stereocenters. The highest BCUT2D eigenvalue weighted by Gasteiger charge is 2.60. The monoisotopic (exact) mass is 1110 g/mol. The van der Waals surface area contributed by atoms with Crippen LogP contribution < -0.4 is 4.74 Å². The maximum absolute atomic E-state index is 11.6. The number of benzene rings is 3. The molecule has 0 saturated heterocycles. The number of sulfone groups is 2. The van der Waals surface area contributed by atoms with Crippen molar-refractivity contribution in [1.82, 2.24) is 0 Å². The predicted molar refractivity (Wildman–Crippen MR) is 428 cm³/mol. The maximum Gasteiger partial charge on any atom is 0.514 e. The number of non-ortho nitro benzene ring substituents is 1. The van der Waals surface area contributed by atoms with Crippen LogP contribution in [0.15, 0.2) is 82.6 Å². The molecule has 0 spiro atoms. The molecule has 0 fully saturated rings. The molecule has 1 N–H and O–H groups in total. The Morgan fingerprint density at radius 2 is 0.648 bits per heavy atom. The smallest absolute Gasteiger partial charge is 0.429 e. The van der Waals surface area contributed by atoms with Gasteiger partial charge in [0.25, 0.3) is 5.69 Å². The van der Waals surface area contributed by atoms with Gasteiger partial charge in [-0.15, -0.1) is 0 Å². The summed E-state index contributed by atoms with van der Waals surface area (Å²) in [7, 11) is 168. The maximum atomic E-state index is 11.6. The van der Waals surface area contributed by atoms with Crippen molar-refractivity contribution >= 4 is 400 Å². The lowest BCUT2D eigenvalue weighted by atomic mass is 8.24. The van der Waals surface area contributed by atoms with Gasteiger partial charge < -0.3 is 14.6 Å². The van der Waals surface area contributed by atoms with Crippen molar-refractivity contribution in [3.8, 4) is 5.75 Å². The molecular weight excluding hydrogens is 1080 g/mol. The summed E-state index contributed by atoms with van der Waals surface area (Å²) < 4.78 is 54.4. The average molecular weight is 1100 g/mol. The van der Waals surface area contributed by atoms with E-state index in [0.29, 0.717) is 11.1 Å². The molecule has 3 rings (SSSR count). The quantitative estimate of drug-likeness (QED) is 0.0215. The number of carbonyl (C=O) groups excluding carboxylic acids is 1. The van der Waals surface area contributed by atoms with E-state index >= 15 is 0 Å². The summed E-state index contributed by atoms with van der Waals surface area (Å²) in [5, 5.41) is 19.2. The van der Waals surface area contributed by atoms with E-state index in [-0.39, 0.29) is 34.4 Å². The summed E-state index contributed by atoms with van der Waals surface area (Å²) in [4.78, 5) is 21.9. The summed E-state index contributed by atoms with van der Waals surface area (Å²) in [6.45, 7) is -0.167. The van der Waals surface area contributed by atoms with Gasteiger partial charge in [0.2, 0.25) is 0 Å². The second-order valence-electron chi connectivity index (χ2n) is 21.8. The minimum atomic E-state index is -3.28. The van der Waals surface area contributed by atoms with E-state index in [2.05, 4.69) is 0 Å². The van der Waals surface area contributed by atoms with Gasteiger partial charge in [0, 0.05) is 393 Å². The van der Waals surface area contributed by atoms with Crippen LogP contribution in [0.4, 0.5) is 10.5 Å². The summed E-state index contributed by atoms with van der Waals surface area (Å²) in [6.07, 6.45) is -31.7. The number of rotatable bonds is 31. The van der Waals surface area contributed by atoms with Gasteiger partial charge in [0.15, 0.2) is 19.7 Å². The molecule has 0 aliphatic carbocycles. The van der Waals surface area contributed by atoms with E-state index in [1.807, 2.05) is 0 Å². The van der Waals surface area contributed by atoms with Crippen LogP contribution in [0, 0.1) is 10.1 Å². The molecule has 0 aliphatic heterocycles. The first-order valence-corrected chi connectivity index (χ1v) is 30.9. The highest BCUT2D eigenvalue weighted by Crippen LogP contribution is 2.24. The number of carbonyl (C=O) groups is 1. The molecule has 0 amide bonds. The minimum Gasteiger partial charge on any atom is -0.429 e. The Kier molecular flexibility index (Phi) is 38.5. The fourth-order valence-electron chi connectivity index (χ4n) is 11.3. The zero-order chi connectivity index (χ0) is 68.4. The molecule has 0 saturated carbocycles. The normalized spacial score (nSPS) is 10.3. The highest BCUT2D eigenvalue weighted by atomic mass is 32.2. The van der Waals surface area contributed by atoms with Crippen LogP contribution in [0.3, 0.4) is 0 Å². The third-order valence-electron chi connectivity index (χ3n) is 15.2. The van der Waals surface area contributed by atoms with Gasteiger partial charge in [0.05, 0.1) is 21.3 Å². The van der Waals surface area contributed by atoms with E-state index in [9.17, 15) is 31.7 Å². The van der Waals surface area contributed by atoms with Gasteiger partial charge in [-0.1, -0.05) is 24.3 Å². The Bertz CT molecular complexity index is 2620. The second kappa shape index (κ2) is 39.6. The third-order valence-corrected chi connectivity index (χ3v) is 17.4. The number of aliphatic hydroxyl groups excluding tert-OH is 1. The molecule has 88 heavy (non-hydrogen) atoms. The van der Waals surface area contributed by atoms with E-state index in [0.717, 1.165) is 12.5 Å². The minimum absolute atomic E-state index is 0.0654. The topological polar surface area (TPSA) is 167 Å². The first kappa shape index (κ1) is 85.6. The Balaban J connectivity index is 0.000000865. The SMILES string of the molecule is CS(=O)(=O)c1ccc(CO)cc1.CS(=O)(=O)c1ccc(COC(=O)Oc2ccc([N+](=O)[O-])cc2)cc1.[B]B([B])B([B])B(B(B([B])[B])B([B])[B])B(B(B([B])[B])B([B])[B])B(B(B(B([B])[B])B([B])[B])B(B([B])[B])B([B])[B])B(B(B([B])[B])B([B])[B])B(B([B])[B])B([B])[B]. The highest BCUT2D eigenvalue weighted by molar-refractivity contribution is 8.36. The number of nitrogens with zero attached hydrogens (tertiary/aromatic N) is 1. The van der Waals surface area contributed by atoms with Crippen molar-refractivity contribution in [1.29, 1.82) is 0 Å². The largest absolute Gasteiger partial charge is 0.514 e. The van der Waals surface area contributed by atoms with Gasteiger partial charge in [-0.3, -0.25) is 10.1 Å². The number of aliphatic hydroxyl groups is 1. The Morgan fingerprint density at radius 1 is 0.398 bits per heavy atom. The molecule has 0 aromatic heterocycles. The molecule has 65 heteroatoms. The molecule has 0 aliphatic rings. The van der Waals surface area contributed by atoms with E-state index in [4.69, 9.17) is 223 Å². The van der Waals surface area contributed by atoms with Crippen LogP contribution >= 0.6 is 0 Å². The van der Waals surface area contributed by atoms with E-state index in [1.165, 1.54) is 60.7 Å². The van der Waals surface area contributed by atoms with Gasteiger partial charge in [-0.25, -0.2) is 21.6 Å². The zero-order valence-electron chi connectivity index (χ0n) is 49.2. The summed E-state index contributed by atoms with van der Waals surface area (Å²) >= 11 is 0. The zero-order valence-corrected chi connectivity index (χ0v) is 50.9. The molecule has 3 aromatic rings. The molecule has 3 aromatic carbocycles. The van der Waals surface area contributed by atoms with Crippen LogP contribution in [0.5, 0.6) is 5.75 Å². The van der Waals surface area contributed by atoms with Crippen LogP contribution in [0.25, 0.3) is 0 Å². The lowest BCUT2D eigenvalue weighted by Crippen LogP contribution is -2.95. The predicted octanol–water partition coefficient (Wildman–Crippen LogP) is -16.5. The fraction of sp³-hybridized carbons (Fsp3) is 0.174. The number of hydrogen-bond donors (Lipinski definition) is 1. The molecular formula is C23H23B52NO10S2. The Morgan fingerprint density at radius 3 is 0.886 bits per heavy atom. The standard InChI is InChI=1S/C15H13NO7S.C8H10O3S.B52/c1-24(20,21)14-8-2-11(3-9-14)10-22-15(17)23-13-6-4-12(5-7-13)16(18)19;1-12(10,11)8-4-2-7(6-9)3-5-8;1-28(2)41(27)48(42(29(3)4)30(5)6)51(47(39(23)24)40(25)26)52(49(43(31(7)8)32(9)10)44(33(11)12)34(13)14)50(45(35(15)16)36(17)18)46(37(19)20)38(21)22/h2-9H,10H2,1H3;2-5,9H,6H2,1H3;. The molecule has 348 valence electrons. The van der Waals surface area contributed by atoms with Gasteiger partial charge in [-0.05, 0) is 47.5 Å². The van der Waals surface area contributed by atoms with Crippen LogP contribution in [-0.4, -0.2) is 414 Å². The third kappa shape index (κ3) is 26.3. The summed E-state index contributed by atoms with van der Waals surface area (Å²) in [6, 6.07) is 17.0. The van der Waals surface area contributed by atoms with Gasteiger partial charge in [-0.2, -0.15) is 0 Å². The number of hydrogen-bond acceptors (Lipinski definition) is 10. The first-order valence-electron chi connectivity index (χ1n) is 27.1. The van der Waals surface area contributed by atoms with Crippen molar-refractivity contribution in [3.63, 3.8) is 0 Å². The van der Waals surface area contributed by atoms with Crippen molar-refractivity contribution in [2.45, 2.75) is 23.0 Å². The van der Waals surface area contributed by atoms with Gasteiger partial charge >= 0.3 is 6.16 Å². The van der Waals surface area contributed by atoms with Crippen LogP contribution in [0.2, 0.25) is 0 Å². The van der Waals surface area contributed by atoms with Crippen molar-refractivity contribution in [3.05, 3.63) is 94.0 Å². The molecule has 0 bridgehead atoms. The second-order valence-corrected chi connectivity index (χ2v) is 25.8. The fourth-order valence-corrected chi connectivity index (χ4v) is 12.6. The molecule has 11 nitrogen and oxygen atoms in total. The number of ether oxygens (including phenoxy) is 2. The van der Waals surface area contributed by atoms with Gasteiger partial charge in [0.1, 0.15) is 12.4 Å². The van der Waals surface area contributed by atoms with Crippen LogP contribution in [-0.2, 0) is 37.6 Å². The number of nitro benzene ring substituents is 1. The lowest BCUT2D eigenvalue weighted by molar-refractivity contribution is -0.384. The molecule has 0 atom stereocenters.